The van der Waals surface area contributed by atoms with E-state index in [1.165, 1.54) is 6.07 Å². The molecule has 2 fully saturated rings. The zero-order chi connectivity index (χ0) is 17.2. The molecule has 2 saturated heterocycles. The summed E-state index contributed by atoms with van der Waals surface area (Å²) in [6.45, 7) is 4.21. The Bertz CT molecular complexity index is 553. The number of ether oxygens (including phenoxy) is 1. The van der Waals surface area contributed by atoms with Gasteiger partial charge in [0.15, 0.2) is 0 Å². The summed E-state index contributed by atoms with van der Waals surface area (Å²) in [6.07, 6.45) is -3.92. The highest BCUT2D eigenvalue weighted by molar-refractivity contribution is 5.29. The van der Waals surface area contributed by atoms with E-state index in [1.807, 2.05) is 0 Å². The van der Waals surface area contributed by atoms with Crippen molar-refractivity contribution in [3.05, 3.63) is 35.4 Å². The predicted octanol–water partition coefficient (Wildman–Crippen LogP) is 1.97. The molecular formula is C17H23F3N2O2. The van der Waals surface area contributed by atoms with E-state index in [4.69, 9.17) is 4.74 Å². The third-order valence-electron chi connectivity index (χ3n) is 4.83. The molecule has 0 spiro atoms. The van der Waals surface area contributed by atoms with E-state index in [9.17, 15) is 18.3 Å². The van der Waals surface area contributed by atoms with Gasteiger partial charge in [0.1, 0.15) is 0 Å². The molecule has 0 unspecified atom stereocenters. The Kier molecular flexibility index (Phi) is 5.44. The van der Waals surface area contributed by atoms with Crippen LogP contribution in [0.1, 0.15) is 17.5 Å². The van der Waals surface area contributed by atoms with Gasteiger partial charge in [-0.2, -0.15) is 13.2 Å². The highest BCUT2D eigenvalue weighted by atomic mass is 19.4. The molecule has 0 aromatic heterocycles. The van der Waals surface area contributed by atoms with Gasteiger partial charge < -0.3 is 9.84 Å². The molecule has 4 nitrogen and oxygen atoms in total. The maximum atomic E-state index is 13.1. The van der Waals surface area contributed by atoms with Crippen LogP contribution in [0.3, 0.4) is 0 Å². The second-order valence-electron chi connectivity index (χ2n) is 6.49. The van der Waals surface area contributed by atoms with Gasteiger partial charge in [0.2, 0.25) is 0 Å². The van der Waals surface area contributed by atoms with Gasteiger partial charge in [-0.15, -0.1) is 0 Å². The third-order valence-corrected chi connectivity index (χ3v) is 4.83. The second kappa shape index (κ2) is 7.39. The molecule has 1 aromatic carbocycles. The Balaban J connectivity index is 1.63. The smallest absolute Gasteiger partial charge is 0.389 e. The average Bonchev–Trinajstić information content (AvgIpc) is 2.82. The first-order valence-corrected chi connectivity index (χ1v) is 8.32. The molecule has 0 amide bonds. The van der Waals surface area contributed by atoms with Crippen molar-refractivity contribution in [2.45, 2.75) is 31.3 Å². The lowest BCUT2D eigenvalue weighted by molar-refractivity contribution is -0.138. The minimum Gasteiger partial charge on any atom is -0.389 e. The van der Waals surface area contributed by atoms with Gasteiger partial charge in [-0.1, -0.05) is 18.2 Å². The van der Waals surface area contributed by atoms with E-state index in [0.717, 1.165) is 32.1 Å². The quantitative estimate of drug-likeness (QED) is 0.910. The first-order chi connectivity index (χ1) is 11.4. The molecule has 0 saturated carbocycles. The number of rotatable bonds is 3. The zero-order valence-corrected chi connectivity index (χ0v) is 13.5. The fourth-order valence-electron chi connectivity index (χ4n) is 3.54. The van der Waals surface area contributed by atoms with E-state index in [-0.39, 0.29) is 6.04 Å². The molecule has 2 heterocycles. The third kappa shape index (κ3) is 4.08. The van der Waals surface area contributed by atoms with Crippen molar-refractivity contribution in [3.8, 4) is 0 Å². The van der Waals surface area contributed by atoms with Crippen LogP contribution in [0.4, 0.5) is 13.2 Å². The number of halogens is 3. The van der Waals surface area contributed by atoms with Crippen molar-refractivity contribution in [2.24, 2.45) is 0 Å². The van der Waals surface area contributed by atoms with Crippen molar-refractivity contribution in [1.82, 2.24) is 9.80 Å². The Hall–Kier alpha value is -1.15. The maximum absolute atomic E-state index is 13.1. The van der Waals surface area contributed by atoms with Crippen LogP contribution in [0.5, 0.6) is 0 Å². The van der Waals surface area contributed by atoms with E-state index < -0.39 is 17.8 Å². The molecular weight excluding hydrogens is 321 g/mol. The van der Waals surface area contributed by atoms with Gasteiger partial charge in [-0.3, -0.25) is 9.80 Å². The van der Waals surface area contributed by atoms with Gasteiger partial charge in [0, 0.05) is 19.6 Å². The molecule has 2 aliphatic heterocycles. The Morgan fingerprint density at radius 3 is 2.58 bits per heavy atom. The van der Waals surface area contributed by atoms with Crippen LogP contribution in [0.2, 0.25) is 0 Å². The van der Waals surface area contributed by atoms with Gasteiger partial charge >= 0.3 is 6.18 Å². The minimum atomic E-state index is -4.32. The number of alkyl halides is 3. The van der Waals surface area contributed by atoms with Crippen LogP contribution in [0.15, 0.2) is 24.3 Å². The number of nitrogens with zero attached hydrogens (tertiary/aromatic N) is 2. The fourth-order valence-corrected chi connectivity index (χ4v) is 3.54. The van der Waals surface area contributed by atoms with E-state index >= 15 is 0 Å². The van der Waals surface area contributed by atoms with Gasteiger partial charge in [-0.25, -0.2) is 0 Å². The highest BCUT2D eigenvalue weighted by Crippen LogP contribution is 2.32. The van der Waals surface area contributed by atoms with Crippen molar-refractivity contribution >= 4 is 0 Å². The van der Waals surface area contributed by atoms with Crippen LogP contribution < -0.4 is 0 Å². The number of hydrogen-bond acceptors (Lipinski definition) is 4. The molecule has 0 radical (unpaired) electrons. The summed E-state index contributed by atoms with van der Waals surface area (Å²) in [6, 6.07) is 5.79. The van der Waals surface area contributed by atoms with E-state index in [2.05, 4.69) is 9.80 Å². The molecule has 3 rings (SSSR count). The topological polar surface area (TPSA) is 35.9 Å². The Morgan fingerprint density at radius 1 is 1.08 bits per heavy atom. The largest absolute Gasteiger partial charge is 0.416 e. The van der Waals surface area contributed by atoms with Crippen molar-refractivity contribution in [2.75, 3.05) is 39.4 Å². The van der Waals surface area contributed by atoms with Crippen LogP contribution >= 0.6 is 0 Å². The lowest BCUT2D eigenvalue weighted by atomic mass is 10.1. The van der Waals surface area contributed by atoms with E-state index in [0.29, 0.717) is 31.9 Å². The molecule has 0 aliphatic carbocycles. The molecule has 24 heavy (non-hydrogen) atoms. The number of hydrogen-bond donors (Lipinski definition) is 1. The fraction of sp³-hybridized carbons (Fsp3) is 0.647. The summed E-state index contributed by atoms with van der Waals surface area (Å²) in [5.41, 5.74) is -0.228. The van der Waals surface area contributed by atoms with Crippen LogP contribution in [-0.4, -0.2) is 66.4 Å². The van der Waals surface area contributed by atoms with Crippen LogP contribution in [0, 0.1) is 0 Å². The first kappa shape index (κ1) is 17.7. The minimum absolute atomic E-state index is 0.00686. The molecule has 2 atom stereocenters. The number of aliphatic hydroxyl groups is 1. The van der Waals surface area contributed by atoms with Crippen molar-refractivity contribution < 1.29 is 23.0 Å². The average molecular weight is 344 g/mol. The molecule has 7 heteroatoms. The monoisotopic (exact) mass is 344 g/mol. The zero-order valence-electron chi connectivity index (χ0n) is 13.5. The second-order valence-corrected chi connectivity index (χ2v) is 6.49. The van der Waals surface area contributed by atoms with E-state index in [1.54, 1.807) is 12.1 Å². The molecule has 0 bridgehead atoms. The first-order valence-electron chi connectivity index (χ1n) is 8.32. The highest BCUT2D eigenvalue weighted by Gasteiger charge is 2.34. The molecule has 2 aliphatic rings. The Labute approximate surface area is 139 Å². The summed E-state index contributed by atoms with van der Waals surface area (Å²) in [5.74, 6) is 0. The van der Waals surface area contributed by atoms with Gasteiger partial charge in [0.05, 0.1) is 30.9 Å². The van der Waals surface area contributed by atoms with Gasteiger partial charge in [0.25, 0.3) is 0 Å². The van der Waals surface area contributed by atoms with Gasteiger partial charge in [-0.05, 0) is 31.1 Å². The van der Waals surface area contributed by atoms with Crippen molar-refractivity contribution in [3.63, 3.8) is 0 Å². The van der Waals surface area contributed by atoms with Crippen molar-refractivity contribution in [1.29, 1.82) is 0 Å². The normalized spacial score (nSPS) is 27.3. The molecule has 1 N–H and O–H groups in total. The standard InChI is InChI=1S/C17H23F3N2O2/c18-17(19,20)14-5-2-1-4-13(14)10-21-6-3-7-22(9-8-21)15-11-24-12-16(15)23/h1-2,4-5,15-16,23H,3,6-12H2/t15-,16-/m0/s1. The summed E-state index contributed by atoms with van der Waals surface area (Å²) in [4.78, 5) is 4.26. The molecule has 1 aromatic rings. The summed E-state index contributed by atoms with van der Waals surface area (Å²) in [5, 5.41) is 9.95. The number of benzene rings is 1. The number of aliphatic hydroxyl groups excluding tert-OH is 1. The summed E-state index contributed by atoms with van der Waals surface area (Å²) < 4.78 is 44.7. The SMILES string of the molecule is O[C@H]1COC[C@@H]1N1CCCN(Cc2ccccc2C(F)(F)F)CC1. The lowest BCUT2D eigenvalue weighted by Gasteiger charge is -2.28. The molecule has 134 valence electrons. The van der Waals surface area contributed by atoms with Crippen LogP contribution in [0.25, 0.3) is 0 Å². The maximum Gasteiger partial charge on any atom is 0.416 e. The lowest BCUT2D eigenvalue weighted by Crippen LogP contribution is -2.44. The Morgan fingerprint density at radius 2 is 1.88 bits per heavy atom. The predicted molar refractivity (Wildman–Crippen MR) is 83.5 cm³/mol. The van der Waals surface area contributed by atoms with Crippen LogP contribution in [-0.2, 0) is 17.5 Å². The summed E-state index contributed by atoms with van der Waals surface area (Å²) in [7, 11) is 0. The summed E-state index contributed by atoms with van der Waals surface area (Å²) >= 11 is 0.